The number of aryl methyl sites for hydroxylation is 1. The van der Waals surface area contributed by atoms with Gasteiger partial charge in [-0.1, -0.05) is 31.2 Å². The van der Waals surface area contributed by atoms with Crippen LogP contribution < -0.4 is 14.4 Å². The fourth-order valence-corrected chi connectivity index (χ4v) is 4.27. The lowest BCUT2D eigenvalue weighted by molar-refractivity contribution is -0.122. The molecule has 1 atom stereocenters. The Balaban J connectivity index is 2.10. The molecule has 0 aromatic heterocycles. The van der Waals surface area contributed by atoms with Gasteiger partial charge in [-0.05, 0) is 55.2 Å². The summed E-state index contributed by atoms with van der Waals surface area (Å²) < 4.78 is 31.2. The molecule has 152 valence electrons. The van der Waals surface area contributed by atoms with Gasteiger partial charge in [-0.3, -0.25) is 9.10 Å². The molecule has 0 aliphatic rings. The van der Waals surface area contributed by atoms with Crippen LogP contribution in [0.25, 0.3) is 0 Å². The fourth-order valence-electron chi connectivity index (χ4n) is 3.07. The summed E-state index contributed by atoms with van der Waals surface area (Å²) in [5.74, 6) is 0.476. The first-order valence-corrected chi connectivity index (χ1v) is 11.1. The number of carbonyl (C=O) groups is 1. The average molecular weight is 405 g/mol. The monoisotopic (exact) mass is 404 g/mol. The van der Waals surface area contributed by atoms with Gasteiger partial charge in [0.05, 0.1) is 19.1 Å². The van der Waals surface area contributed by atoms with E-state index >= 15 is 0 Å². The Morgan fingerprint density at radius 1 is 1.18 bits per heavy atom. The first-order valence-electron chi connectivity index (χ1n) is 9.23. The van der Waals surface area contributed by atoms with Crippen molar-refractivity contribution in [1.29, 1.82) is 0 Å². The third-order valence-corrected chi connectivity index (χ3v) is 5.64. The number of hydrogen-bond donors (Lipinski definition) is 1. The number of amides is 1. The molecule has 2 aromatic carbocycles. The molecule has 0 bridgehead atoms. The van der Waals surface area contributed by atoms with Crippen LogP contribution in [-0.2, 0) is 21.2 Å². The van der Waals surface area contributed by atoms with Crippen LogP contribution in [0, 0.1) is 6.92 Å². The second-order valence-corrected chi connectivity index (χ2v) is 8.57. The Morgan fingerprint density at radius 3 is 2.39 bits per heavy atom. The van der Waals surface area contributed by atoms with E-state index in [9.17, 15) is 13.2 Å². The van der Waals surface area contributed by atoms with E-state index in [1.165, 1.54) is 4.31 Å². The lowest BCUT2D eigenvalue weighted by Crippen LogP contribution is -2.49. The van der Waals surface area contributed by atoms with Gasteiger partial charge >= 0.3 is 0 Å². The van der Waals surface area contributed by atoms with Crippen LogP contribution in [0.2, 0.25) is 0 Å². The van der Waals surface area contributed by atoms with Crippen molar-refractivity contribution in [3.63, 3.8) is 0 Å². The van der Waals surface area contributed by atoms with Crippen molar-refractivity contribution < 1.29 is 17.9 Å². The van der Waals surface area contributed by atoms with Crippen LogP contribution in [0.15, 0.2) is 48.5 Å². The summed E-state index contributed by atoms with van der Waals surface area (Å²) in [4.78, 5) is 12.8. The van der Waals surface area contributed by atoms with E-state index in [0.29, 0.717) is 25.1 Å². The maximum Gasteiger partial charge on any atom is 0.243 e. The Bertz CT molecular complexity index is 895. The van der Waals surface area contributed by atoms with Gasteiger partial charge in [0.1, 0.15) is 11.8 Å². The van der Waals surface area contributed by atoms with Gasteiger partial charge in [-0.15, -0.1) is 0 Å². The van der Waals surface area contributed by atoms with Crippen molar-refractivity contribution in [1.82, 2.24) is 5.32 Å². The molecule has 0 saturated carbocycles. The van der Waals surface area contributed by atoms with Gasteiger partial charge in [-0.2, -0.15) is 0 Å². The van der Waals surface area contributed by atoms with Crippen molar-refractivity contribution in [2.24, 2.45) is 0 Å². The number of methoxy groups -OCH3 is 1. The molecule has 0 saturated heterocycles. The molecule has 1 amide bonds. The van der Waals surface area contributed by atoms with Crippen LogP contribution in [0.5, 0.6) is 5.75 Å². The van der Waals surface area contributed by atoms with Gasteiger partial charge in [0.15, 0.2) is 0 Å². The van der Waals surface area contributed by atoms with E-state index in [2.05, 4.69) is 5.32 Å². The van der Waals surface area contributed by atoms with Gasteiger partial charge in [0, 0.05) is 6.54 Å². The van der Waals surface area contributed by atoms with Gasteiger partial charge in [0.25, 0.3) is 0 Å². The topological polar surface area (TPSA) is 75.7 Å². The predicted molar refractivity (Wildman–Crippen MR) is 112 cm³/mol. The largest absolute Gasteiger partial charge is 0.497 e. The molecule has 0 spiro atoms. The summed E-state index contributed by atoms with van der Waals surface area (Å²) in [5, 5.41) is 2.87. The van der Waals surface area contributed by atoms with Crippen molar-refractivity contribution in [2.45, 2.75) is 32.7 Å². The van der Waals surface area contributed by atoms with Crippen molar-refractivity contribution >= 4 is 21.6 Å². The molecule has 7 heteroatoms. The number of anilines is 1. The molecular formula is C21H28N2O4S. The minimum Gasteiger partial charge on any atom is -0.497 e. The zero-order valence-corrected chi connectivity index (χ0v) is 17.6. The number of ether oxygens (including phenoxy) is 1. The molecule has 0 aliphatic heterocycles. The van der Waals surface area contributed by atoms with Crippen LogP contribution in [0.1, 0.15) is 24.5 Å². The quantitative estimate of drug-likeness (QED) is 0.697. The number of sulfonamides is 1. The fraction of sp³-hybridized carbons (Fsp3) is 0.381. The minimum atomic E-state index is -3.62. The highest BCUT2D eigenvalue weighted by molar-refractivity contribution is 7.92. The minimum absolute atomic E-state index is 0.303. The third-order valence-electron chi connectivity index (χ3n) is 4.46. The molecule has 6 nitrogen and oxygen atoms in total. The van der Waals surface area contributed by atoms with E-state index in [1.807, 2.05) is 44.2 Å². The number of benzene rings is 2. The molecule has 0 unspecified atom stereocenters. The van der Waals surface area contributed by atoms with Crippen molar-refractivity contribution in [2.75, 3.05) is 24.2 Å². The van der Waals surface area contributed by atoms with Crippen molar-refractivity contribution in [3.8, 4) is 5.75 Å². The molecule has 2 aromatic rings. The van der Waals surface area contributed by atoms with Crippen LogP contribution in [0.4, 0.5) is 5.69 Å². The first-order chi connectivity index (χ1) is 13.3. The summed E-state index contributed by atoms with van der Waals surface area (Å²) >= 11 is 0. The highest BCUT2D eigenvalue weighted by Crippen LogP contribution is 2.23. The molecule has 0 fully saturated rings. The van der Waals surface area contributed by atoms with E-state index in [1.54, 1.807) is 25.3 Å². The summed E-state index contributed by atoms with van der Waals surface area (Å²) in [7, 11) is -2.00. The van der Waals surface area contributed by atoms with Crippen LogP contribution in [-0.4, -0.2) is 40.3 Å². The van der Waals surface area contributed by atoms with E-state index < -0.39 is 16.1 Å². The maximum absolute atomic E-state index is 12.8. The number of nitrogens with zero attached hydrogens (tertiary/aromatic N) is 1. The van der Waals surface area contributed by atoms with E-state index in [0.717, 1.165) is 23.1 Å². The van der Waals surface area contributed by atoms with Gasteiger partial charge < -0.3 is 10.1 Å². The summed E-state index contributed by atoms with van der Waals surface area (Å²) in [6, 6.07) is 14.0. The highest BCUT2D eigenvalue weighted by atomic mass is 32.2. The number of carbonyl (C=O) groups excluding carboxylic acids is 1. The summed E-state index contributed by atoms with van der Waals surface area (Å²) in [6.07, 6.45) is 2.15. The SMILES string of the molecule is CC[C@H](C(=O)NCCc1ccc(OC)cc1)N(c1cccc(C)c1)S(C)(=O)=O. The molecule has 0 heterocycles. The van der Waals surface area contributed by atoms with Gasteiger partial charge in [0.2, 0.25) is 15.9 Å². The first kappa shape index (κ1) is 21.8. The second-order valence-electron chi connectivity index (χ2n) is 6.71. The Hall–Kier alpha value is -2.54. The molecule has 28 heavy (non-hydrogen) atoms. The van der Waals surface area contributed by atoms with Crippen molar-refractivity contribution in [3.05, 3.63) is 59.7 Å². The standard InChI is InChI=1S/C21H28N2O4S/c1-5-20(23(28(4,25)26)18-8-6-7-16(2)15-18)21(24)22-14-13-17-9-11-19(27-3)12-10-17/h6-12,15,20H,5,13-14H2,1-4H3,(H,22,24)/t20-/m1/s1. The van der Waals surface area contributed by atoms with E-state index in [-0.39, 0.29) is 5.91 Å². The molecule has 1 N–H and O–H groups in total. The summed E-state index contributed by atoms with van der Waals surface area (Å²) in [5.41, 5.74) is 2.49. The maximum atomic E-state index is 12.8. The van der Waals surface area contributed by atoms with Gasteiger partial charge in [-0.25, -0.2) is 8.42 Å². The van der Waals surface area contributed by atoms with Crippen LogP contribution in [0.3, 0.4) is 0 Å². The smallest absolute Gasteiger partial charge is 0.243 e. The number of hydrogen-bond acceptors (Lipinski definition) is 4. The molecule has 0 radical (unpaired) electrons. The van der Waals surface area contributed by atoms with Crippen LogP contribution >= 0.6 is 0 Å². The second kappa shape index (κ2) is 9.59. The lowest BCUT2D eigenvalue weighted by atomic mass is 10.1. The Labute approximate surface area is 167 Å². The Morgan fingerprint density at radius 2 is 1.86 bits per heavy atom. The third kappa shape index (κ3) is 5.73. The zero-order chi connectivity index (χ0) is 20.7. The lowest BCUT2D eigenvalue weighted by Gasteiger charge is -2.30. The average Bonchev–Trinajstić information content (AvgIpc) is 2.65. The number of nitrogens with one attached hydrogen (secondary N) is 1. The Kier molecular flexibility index (Phi) is 7.45. The zero-order valence-electron chi connectivity index (χ0n) is 16.8. The highest BCUT2D eigenvalue weighted by Gasteiger charge is 2.31. The van der Waals surface area contributed by atoms with E-state index in [4.69, 9.17) is 4.74 Å². The molecule has 2 rings (SSSR count). The molecular weight excluding hydrogens is 376 g/mol. The normalized spacial score (nSPS) is 12.3. The number of rotatable bonds is 9. The predicted octanol–water partition coefficient (Wildman–Crippen LogP) is 2.91. The summed E-state index contributed by atoms with van der Waals surface area (Å²) in [6.45, 7) is 4.12. The molecule has 0 aliphatic carbocycles.